The van der Waals surface area contributed by atoms with Crippen LogP contribution in [0.2, 0.25) is 0 Å². The molecule has 0 radical (unpaired) electrons. The monoisotopic (exact) mass is 417 g/mol. The average molecular weight is 417 g/mol. The number of anilines is 2. The Morgan fingerprint density at radius 3 is 2.66 bits per heavy atom. The molecule has 2 aromatic rings. The molecule has 0 aliphatic carbocycles. The van der Waals surface area contributed by atoms with E-state index in [2.05, 4.69) is 9.97 Å². The summed E-state index contributed by atoms with van der Waals surface area (Å²) in [6, 6.07) is 5.11. The number of benzene rings is 1. The van der Waals surface area contributed by atoms with E-state index in [1.54, 1.807) is 6.92 Å². The van der Waals surface area contributed by atoms with E-state index < -0.39 is 28.0 Å². The van der Waals surface area contributed by atoms with Crippen molar-refractivity contribution in [3.05, 3.63) is 46.1 Å². The predicted octanol–water partition coefficient (Wildman–Crippen LogP) is 1.57. The zero-order valence-electron chi connectivity index (χ0n) is 15.1. The van der Waals surface area contributed by atoms with Gasteiger partial charge in [0.1, 0.15) is 16.6 Å². The molecular weight excluding hydrogens is 402 g/mol. The Morgan fingerprint density at radius 2 is 2.07 bits per heavy atom. The molecule has 150 valence electrons. The molecule has 1 fully saturated rings. The number of ether oxygens (including phenoxy) is 1. The van der Waals surface area contributed by atoms with E-state index in [0.717, 1.165) is 16.7 Å². The summed E-state index contributed by atoms with van der Waals surface area (Å²) in [5, 5.41) is 10.1. The molecule has 11 nitrogen and oxygen atoms in total. The lowest BCUT2D eigenvalue weighted by Gasteiger charge is -2.14. The molecule has 2 amide bonds. The van der Waals surface area contributed by atoms with Crippen molar-refractivity contribution >= 4 is 46.7 Å². The first kappa shape index (κ1) is 20.2. The Bertz CT molecular complexity index is 996. The Hall–Kier alpha value is -3.54. The van der Waals surface area contributed by atoms with E-state index in [0.29, 0.717) is 0 Å². The number of thioether (sulfide) groups is 1. The summed E-state index contributed by atoms with van der Waals surface area (Å²) in [5.74, 6) is -1.69. The van der Waals surface area contributed by atoms with Gasteiger partial charge >= 0.3 is 5.97 Å². The third-order valence-corrected chi connectivity index (χ3v) is 5.02. The van der Waals surface area contributed by atoms with Gasteiger partial charge < -0.3 is 10.5 Å². The fourth-order valence-electron chi connectivity index (χ4n) is 2.62. The van der Waals surface area contributed by atoms with Crippen molar-refractivity contribution in [2.24, 2.45) is 0 Å². The maximum Gasteiger partial charge on any atom is 0.343 e. The number of nitrogen functional groups attached to an aromatic ring is 1. The van der Waals surface area contributed by atoms with Crippen molar-refractivity contribution in [3.8, 4) is 0 Å². The van der Waals surface area contributed by atoms with Gasteiger partial charge in [-0.25, -0.2) is 19.7 Å². The molecule has 0 saturated carbocycles. The van der Waals surface area contributed by atoms with Gasteiger partial charge in [-0.2, -0.15) is 0 Å². The second kappa shape index (κ2) is 8.22. The zero-order chi connectivity index (χ0) is 21.1. The second-order valence-corrected chi connectivity index (χ2v) is 6.99. The topological polar surface area (TPSA) is 159 Å². The van der Waals surface area contributed by atoms with Crippen LogP contribution in [-0.2, 0) is 14.3 Å². The highest BCUT2D eigenvalue weighted by atomic mass is 32.2. The number of carbonyl (C=O) groups excluding carboxylic acids is 3. The highest BCUT2D eigenvalue weighted by molar-refractivity contribution is 8.00. The third-order valence-electron chi connectivity index (χ3n) is 3.96. The SMILES string of the molecule is CCOC(=O)c1cnc(SC2CC(=O)N(c3ccc([N+](=O)[O-])cc3)C2=O)nc1N. The molecule has 0 bridgehead atoms. The molecule has 1 aliphatic heterocycles. The van der Waals surface area contributed by atoms with Crippen LogP contribution in [0.15, 0.2) is 35.6 Å². The molecule has 2 N–H and O–H groups in total. The minimum atomic E-state index is -0.787. The summed E-state index contributed by atoms with van der Waals surface area (Å²) in [7, 11) is 0. The lowest BCUT2D eigenvalue weighted by molar-refractivity contribution is -0.384. The van der Waals surface area contributed by atoms with Crippen LogP contribution in [0.5, 0.6) is 0 Å². The molecular formula is C17H15N5O6S. The standard InChI is InChI=1S/C17H15N5O6S/c1-2-28-16(25)11-8-19-17(20-14(11)18)29-12-7-13(23)21(15(12)24)9-3-5-10(6-4-9)22(26)27/h3-6,8,12H,2,7H2,1H3,(H2,18,19,20). The number of nitro groups is 1. The maximum absolute atomic E-state index is 12.7. The lowest BCUT2D eigenvalue weighted by atomic mass is 10.2. The second-order valence-electron chi connectivity index (χ2n) is 5.82. The minimum absolute atomic E-state index is 0.0116. The van der Waals surface area contributed by atoms with Crippen LogP contribution < -0.4 is 10.6 Å². The van der Waals surface area contributed by atoms with Crippen molar-refractivity contribution in [2.45, 2.75) is 23.8 Å². The van der Waals surface area contributed by atoms with Gasteiger partial charge in [0, 0.05) is 24.8 Å². The first-order valence-electron chi connectivity index (χ1n) is 8.39. The number of amides is 2. The van der Waals surface area contributed by atoms with Crippen LogP contribution in [0.3, 0.4) is 0 Å². The average Bonchev–Trinajstić information content (AvgIpc) is 2.95. The van der Waals surface area contributed by atoms with Gasteiger partial charge in [-0.1, -0.05) is 11.8 Å². The van der Waals surface area contributed by atoms with Gasteiger partial charge in [-0.3, -0.25) is 19.7 Å². The first-order chi connectivity index (χ1) is 13.8. The summed E-state index contributed by atoms with van der Waals surface area (Å²) in [6.07, 6.45) is 1.11. The summed E-state index contributed by atoms with van der Waals surface area (Å²) >= 11 is 0.943. The highest BCUT2D eigenvalue weighted by Gasteiger charge is 2.40. The number of hydrogen-bond donors (Lipinski definition) is 1. The molecule has 12 heteroatoms. The molecule has 0 spiro atoms. The normalized spacial score (nSPS) is 16.2. The number of non-ortho nitro benzene ring substituents is 1. The highest BCUT2D eigenvalue weighted by Crippen LogP contribution is 2.33. The first-order valence-corrected chi connectivity index (χ1v) is 9.27. The fourth-order valence-corrected chi connectivity index (χ4v) is 3.57. The van der Waals surface area contributed by atoms with Gasteiger partial charge in [-0.15, -0.1) is 0 Å². The van der Waals surface area contributed by atoms with Crippen molar-refractivity contribution in [2.75, 3.05) is 17.2 Å². The Morgan fingerprint density at radius 1 is 1.38 bits per heavy atom. The van der Waals surface area contributed by atoms with E-state index in [9.17, 15) is 24.5 Å². The zero-order valence-corrected chi connectivity index (χ0v) is 15.9. The molecule has 1 unspecified atom stereocenters. The van der Waals surface area contributed by atoms with Gasteiger partial charge in [0.15, 0.2) is 5.16 Å². The van der Waals surface area contributed by atoms with Crippen LogP contribution in [0.25, 0.3) is 0 Å². The Balaban J connectivity index is 1.75. The number of carbonyl (C=O) groups is 3. The van der Waals surface area contributed by atoms with Crippen LogP contribution in [-0.4, -0.2) is 44.5 Å². The number of nitrogens with zero attached hydrogens (tertiary/aromatic N) is 4. The summed E-state index contributed by atoms with van der Waals surface area (Å²) < 4.78 is 4.85. The third kappa shape index (κ3) is 4.16. The number of esters is 1. The van der Waals surface area contributed by atoms with Crippen LogP contribution in [0.1, 0.15) is 23.7 Å². The number of hydrogen-bond acceptors (Lipinski definition) is 10. The molecule has 1 aromatic carbocycles. The Labute approximate surface area is 168 Å². The number of imide groups is 1. The van der Waals surface area contributed by atoms with Gasteiger partial charge in [-0.05, 0) is 19.1 Å². The number of rotatable bonds is 6. The summed E-state index contributed by atoms with van der Waals surface area (Å²) in [4.78, 5) is 55.9. The van der Waals surface area contributed by atoms with Crippen molar-refractivity contribution in [1.29, 1.82) is 0 Å². The number of nitro benzene ring substituents is 1. The molecule has 1 aromatic heterocycles. The van der Waals surface area contributed by atoms with Crippen LogP contribution in [0, 0.1) is 10.1 Å². The molecule has 1 aliphatic rings. The van der Waals surface area contributed by atoms with Gasteiger partial charge in [0.2, 0.25) is 11.8 Å². The Kier molecular flexibility index (Phi) is 5.73. The van der Waals surface area contributed by atoms with E-state index in [4.69, 9.17) is 10.5 Å². The van der Waals surface area contributed by atoms with Crippen molar-refractivity contribution in [3.63, 3.8) is 0 Å². The van der Waals surface area contributed by atoms with E-state index >= 15 is 0 Å². The number of aromatic nitrogens is 2. The smallest absolute Gasteiger partial charge is 0.343 e. The lowest BCUT2D eigenvalue weighted by Crippen LogP contribution is -2.31. The quantitative estimate of drug-likeness (QED) is 0.240. The minimum Gasteiger partial charge on any atom is -0.462 e. The predicted molar refractivity (Wildman–Crippen MR) is 102 cm³/mol. The van der Waals surface area contributed by atoms with E-state index in [1.165, 1.54) is 30.5 Å². The van der Waals surface area contributed by atoms with Crippen molar-refractivity contribution in [1.82, 2.24) is 9.97 Å². The van der Waals surface area contributed by atoms with Gasteiger partial charge in [0.05, 0.1) is 17.2 Å². The molecule has 1 atom stereocenters. The molecule has 2 heterocycles. The van der Waals surface area contributed by atoms with E-state index in [-0.39, 0.29) is 40.9 Å². The molecule has 3 rings (SSSR count). The van der Waals surface area contributed by atoms with Crippen molar-refractivity contribution < 1.29 is 24.0 Å². The summed E-state index contributed by atoms with van der Waals surface area (Å²) in [5.41, 5.74) is 5.87. The van der Waals surface area contributed by atoms with Crippen LogP contribution >= 0.6 is 11.8 Å². The maximum atomic E-state index is 12.7. The van der Waals surface area contributed by atoms with E-state index in [1.807, 2.05) is 0 Å². The number of nitrogens with two attached hydrogens (primary N) is 1. The largest absolute Gasteiger partial charge is 0.462 e. The molecule has 1 saturated heterocycles. The molecule has 29 heavy (non-hydrogen) atoms. The summed E-state index contributed by atoms with van der Waals surface area (Å²) in [6.45, 7) is 1.82. The van der Waals surface area contributed by atoms with Crippen LogP contribution in [0.4, 0.5) is 17.2 Å². The fraction of sp³-hybridized carbons (Fsp3) is 0.235. The van der Waals surface area contributed by atoms with Gasteiger partial charge in [0.25, 0.3) is 5.69 Å².